The Bertz CT molecular complexity index is 627. The van der Waals surface area contributed by atoms with Gasteiger partial charge in [0, 0.05) is 64.2 Å². The highest BCUT2D eigenvalue weighted by Crippen LogP contribution is 2.25. The van der Waals surface area contributed by atoms with Crippen LogP contribution in [0.25, 0.3) is 0 Å². The number of nitrogens with zero attached hydrogens (tertiary/aromatic N) is 6. The van der Waals surface area contributed by atoms with Crippen molar-refractivity contribution in [2.45, 2.75) is 26.3 Å². The maximum absolute atomic E-state index is 4.59. The molecule has 3 rings (SSSR count). The normalized spacial score (nSPS) is 15.2. The van der Waals surface area contributed by atoms with E-state index < -0.39 is 0 Å². The van der Waals surface area contributed by atoms with Gasteiger partial charge in [-0.3, -0.25) is 0 Å². The van der Waals surface area contributed by atoms with E-state index in [0.717, 1.165) is 31.4 Å². The van der Waals surface area contributed by atoms with Crippen molar-refractivity contribution >= 4 is 11.8 Å². The standard InChI is InChI=1S/C16H24N6/c1-12(2)15-17-7-8-21(15)9-13-10-22(11-13)16-18-6-5-14(19-16)20(3)4/h5-8,12-13H,9-11H2,1-4H3. The number of anilines is 2. The first-order valence-electron chi connectivity index (χ1n) is 7.81. The molecule has 0 amide bonds. The molecule has 22 heavy (non-hydrogen) atoms. The molecule has 6 heteroatoms. The summed E-state index contributed by atoms with van der Waals surface area (Å²) in [6.45, 7) is 7.41. The molecule has 1 aliphatic heterocycles. The fraction of sp³-hybridized carbons (Fsp3) is 0.562. The fourth-order valence-corrected chi connectivity index (χ4v) is 2.84. The highest BCUT2D eigenvalue weighted by molar-refractivity contribution is 5.43. The maximum atomic E-state index is 4.59. The van der Waals surface area contributed by atoms with Gasteiger partial charge in [-0.25, -0.2) is 9.97 Å². The van der Waals surface area contributed by atoms with Gasteiger partial charge in [0.25, 0.3) is 0 Å². The fourth-order valence-electron chi connectivity index (χ4n) is 2.84. The molecule has 0 bridgehead atoms. The monoisotopic (exact) mass is 300 g/mol. The van der Waals surface area contributed by atoms with E-state index in [9.17, 15) is 0 Å². The smallest absolute Gasteiger partial charge is 0.227 e. The molecule has 6 nitrogen and oxygen atoms in total. The average Bonchev–Trinajstić information content (AvgIpc) is 2.90. The second-order valence-electron chi connectivity index (χ2n) is 6.47. The van der Waals surface area contributed by atoms with Crippen molar-refractivity contribution in [2.24, 2.45) is 5.92 Å². The molecule has 118 valence electrons. The summed E-state index contributed by atoms with van der Waals surface area (Å²) < 4.78 is 2.28. The molecule has 1 saturated heterocycles. The van der Waals surface area contributed by atoms with Crippen molar-refractivity contribution < 1.29 is 0 Å². The molecule has 1 fully saturated rings. The maximum Gasteiger partial charge on any atom is 0.227 e. The molecular formula is C16H24N6. The first kappa shape index (κ1) is 14.8. The van der Waals surface area contributed by atoms with Gasteiger partial charge in [0.2, 0.25) is 5.95 Å². The predicted molar refractivity (Wildman–Crippen MR) is 88.4 cm³/mol. The summed E-state index contributed by atoms with van der Waals surface area (Å²) in [7, 11) is 4.00. The van der Waals surface area contributed by atoms with E-state index >= 15 is 0 Å². The summed E-state index contributed by atoms with van der Waals surface area (Å²) in [5.41, 5.74) is 0. The number of aromatic nitrogens is 4. The minimum Gasteiger partial charge on any atom is -0.363 e. The lowest BCUT2D eigenvalue weighted by atomic mass is 10.0. The molecule has 0 aromatic carbocycles. The van der Waals surface area contributed by atoms with E-state index in [2.05, 4.69) is 44.5 Å². The second kappa shape index (κ2) is 5.94. The lowest BCUT2D eigenvalue weighted by molar-refractivity contribution is 0.346. The van der Waals surface area contributed by atoms with Gasteiger partial charge in [0.05, 0.1) is 0 Å². The lowest BCUT2D eigenvalue weighted by Gasteiger charge is -2.39. The van der Waals surface area contributed by atoms with Gasteiger partial charge >= 0.3 is 0 Å². The Balaban J connectivity index is 1.60. The largest absolute Gasteiger partial charge is 0.363 e. The molecule has 0 atom stereocenters. The van der Waals surface area contributed by atoms with Gasteiger partial charge in [-0.2, -0.15) is 4.98 Å². The minimum absolute atomic E-state index is 0.464. The Hall–Kier alpha value is -2.11. The van der Waals surface area contributed by atoms with Crippen molar-refractivity contribution in [3.63, 3.8) is 0 Å². The van der Waals surface area contributed by atoms with Crippen LogP contribution in [0.2, 0.25) is 0 Å². The first-order valence-corrected chi connectivity index (χ1v) is 7.81. The molecule has 0 N–H and O–H groups in total. The van der Waals surface area contributed by atoms with Gasteiger partial charge in [0.15, 0.2) is 0 Å². The van der Waals surface area contributed by atoms with Crippen molar-refractivity contribution in [1.82, 2.24) is 19.5 Å². The van der Waals surface area contributed by atoms with Crippen LogP contribution in [0.15, 0.2) is 24.7 Å². The van der Waals surface area contributed by atoms with Crippen molar-refractivity contribution in [3.05, 3.63) is 30.5 Å². The zero-order chi connectivity index (χ0) is 15.7. The molecule has 0 radical (unpaired) electrons. The zero-order valence-electron chi connectivity index (χ0n) is 13.8. The van der Waals surface area contributed by atoms with Crippen LogP contribution in [-0.2, 0) is 6.54 Å². The molecule has 0 spiro atoms. The Morgan fingerprint density at radius 1 is 1.23 bits per heavy atom. The highest BCUT2D eigenvalue weighted by atomic mass is 15.3. The summed E-state index contributed by atoms with van der Waals surface area (Å²) in [4.78, 5) is 17.7. The first-order chi connectivity index (χ1) is 10.5. The van der Waals surface area contributed by atoms with E-state index in [0.29, 0.717) is 11.8 Å². The van der Waals surface area contributed by atoms with E-state index in [4.69, 9.17) is 0 Å². The van der Waals surface area contributed by atoms with Crippen LogP contribution in [-0.4, -0.2) is 46.7 Å². The average molecular weight is 300 g/mol. The number of hydrogen-bond acceptors (Lipinski definition) is 5. The Morgan fingerprint density at radius 2 is 2.00 bits per heavy atom. The summed E-state index contributed by atoms with van der Waals surface area (Å²) in [5.74, 6) is 4.05. The van der Waals surface area contributed by atoms with Crippen molar-refractivity contribution in [3.8, 4) is 0 Å². The molecular weight excluding hydrogens is 276 g/mol. The molecule has 0 aliphatic carbocycles. The summed E-state index contributed by atoms with van der Waals surface area (Å²) >= 11 is 0. The third-order valence-electron chi connectivity index (χ3n) is 4.05. The van der Waals surface area contributed by atoms with Crippen LogP contribution in [0.3, 0.4) is 0 Å². The third-order valence-corrected chi connectivity index (χ3v) is 4.05. The Kier molecular flexibility index (Phi) is 4.00. The molecule has 2 aromatic heterocycles. The topological polar surface area (TPSA) is 50.1 Å². The van der Waals surface area contributed by atoms with Crippen LogP contribution in [0.5, 0.6) is 0 Å². The SMILES string of the molecule is CC(C)c1nccn1CC1CN(c2nccc(N(C)C)n2)C1. The summed E-state index contributed by atoms with van der Waals surface area (Å²) in [5, 5.41) is 0. The molecule has 3 heterocycles. The van der Waals surface area contributed by atoms with Crippen LogP contribution < -0.4 is 9.80 Å². The van der Waals surface area contributed by atoms with E-state index in [1.807, 2.05) is 37.5 Å². The van der Waals surface area contributed by atoms with Crippen molar-refractivity contribution in [2.75, 3.05) is 37.0 Å². The minimum atomic E-state index is 0.464. The molecule has 1 aliphatic rings. The van der Waals surface area contributed by atoms with E-state index in [-0.39, 0.29) is 0 Å². The summed E-state index contributed by atoms with van der Waals surface area (Å²) in [6.07, 6.45) is 5.81. The molecule has 0 unspecified atom stereocenters. The third kappa shape index (κ3) is 2.91. The van der Waals surface area contributed by atoms with Crippen LogP contribution in [0.1, 0.15) is 25.6 Å². The quantitative estimate of drug-likeness (QED) is 0.845. The molecule has 2 aromatic rings. The Labute approximate surface area is 131 Å². The van der Waals surface area contributed by atoms with Gasteiger partial charge in [0.1, 0.15) is 11.6 Å². The Morgan fingerprint density at radius 3 is 2.68 bits per heavy atom. The zero-order valence-corrected chi connectivity index (χ0v) is 13.8. The highest BCUT2D eigenvalue weighted by Gasteiger charge is 2.29. The van der Waals surface area contributed by atoms with E-state index in [1.165, 1.54) is 5.82 Å². The number of rotatable bonds is 5. The van der Waals surface area contributed by atoms with Gasteiger partial charge in [-0.15, -0.1) is 0 Å². The number of imidazole rings is 1. The van der Waals surface area contributed by atoms with Crippen LogP contribution in [0.4, 0.5) is 11.8 Å². The van der Waals surface area contributed by atoms with Gasteiger partial charge in [-0.1, -0.05) is 13.8 Å². The second-order valence-corrected chi connectivity index (χ2v) is 6.47. The molecule has 0 saturated carbocycles. The van der Waals surface area contributed by atoms with Crippen molar-refractivity contribution in [1.29, 1.82) is 0 Å². The van der Waals surface area contributed by atoms with Gasteiger partial charge < -0.3 is 14.4 Å². The van der Waals surface area contributed by atoms with Gasteiger partial charge in [-0.05, 0) is 6.07 Å². The van der Waals surface area contributed by atoms with E-state index in [1.54, 1.807) is 0 Å². The van der Waals surface area contributed by atoms with Crippen LogP contribution in [0, 0.1) is 5.92 Å². The summed E-state index contributed by atoms with van der Waals surface area (Å²) in [6, 6.07) is 1.93. The van der Waals surface area contributed by atoms with Crippen LogP contribution >= 0.6 is 0 Å². The lowest BCUT2D eigenvalue weighted by Crippen LogP contribution is -2.49. The predicted octanol–water partition coefficient (Wildman–Crippen LogP) is 2.00. The number of hydrogen-bond donors (Lipinski definition) is 0.